The summed E-state index contributed by atoms with van der Waals surface area (Å²) in [4.78, 5) is 11.2. The fourth-order valence-corrected chi connectivity index (χ4v) is 2.22. The van der Waals surface area contributed by atoms with Crippen molar-refractivity contribution in [3.63, 3.8) is 0 Å². The molecule has 15 heavy (non-hydrogen) atoms. The number of allylic oxidation sites excluding steroid dienone is 2. The first-order chi connectivity index (χ1) is 7.27. The third-order valence-corrected chi connectivity index (χ3v) is 3.16. The molecule has 0 heterocycles. The van der Waals surface area contributed by atoms with Crippen molar-refractivity contribution in [1.29, 1.82) is 0 Å². The summed E-state index contributed by atoms with van der Waals surface area (Å²) >= 11 is 0. The summed E-state index contributed by atoms with van der Waals surface area (Å²) in [5.74, 6) is 0.401. The number of esters is 1. The van der Waals surface area contributed by atoms with Gasteiger partial charge in [-0.25, -0.2) is 0 Å². The summed E-state index contributed by atoms with van der Waals surface area (Å²) in [6, 6.07) is 0. The highest BCUT2D eigenvalue weighted by Gasteiger charge is 2.21. The molecule has 0 saturated carbocycles. The Labute approximate surface area is 92.7 Å². The highest BCUT2D eigenvalue weighted by atomic mass is 16.5. The van der Waals surface area contributed by atoms with Crippen LogP contribution in [0.3, 0.4) is 0 Å². The zero-order valence-electron chi connectivity index (χ0n) is 9.92. The number of methoxy groups -OCH3 is 1. The van der Waals surface area contributed by atoms with Crippen molar-refractivity contribution in [1.82, 2.24) is 0 Å². The first kappa shape index (κ1) is 12.3. The van der Waals surface area contributed by atoms with E-state index in [9.17, 15) is 4.79 Å². The maximum atomic E-state index is 11.2. The molecule has 0 N–H and O–H groups in total. The Morgan fingerprint density at radius 3 is 3.00 bits per heavy atom. The molecule has 2 heteroatoms. The Bertz CT molecular complexity index is 231. The second-order valence-corrected chi connectivity index (χ2v) is 4.29. The minimum atomic E-state index is -0.0664. The van der Waals surface area contributed by atoms with E-state index in [1.54, 1.807) is 0 Å². The largest absolute Gasteiger partial charge is 0.469 e. The Morgan fingerprint density at radius 2 is 2.33 bits per heavy atom. The van der Waals surface area contributed by atoms with Gasteiger partial charge in [0.2, 0.25) is 0 Å². The van der Waals surface area contributed by atoms with E-state index in [0.717, 1.165) is 12.8 Å². The van der Waals surface area contributed by atoms with Gasteiger partial charge in [0.1, 0.15) is 0 Å². The van der Waals surface area contributed by atoms with E-state index < -0.39 is 0 Å². The molecule has 0 aromatic carbocycles. The van der Waals surface area contributed by atoms with Crippen LogP contribution in [0.2, 0.25) is 0 Å². The number of unbranched alkanes of at least 4 members (excludes halogenated alkanes) is 2. The van der Waals surface area contributed by atoms with E-state index >= 15 is 0 Å². The Balaban J connectivity index is 2.32. The summed E-state index contributed by atoms with van der Waals surface area (Å²) in [5.41, 5.74) is 1.49. The fourth-order valence-electron chi connectivity index (χ4n) is 2.22. The standard InChI is InChI=1S/C13H22O2/c1-3-4-5-7-11-8-6-9-12(11)10-13(14)15-2/h8,12H,3-7,9-10H2,1-2H3. The van der Waals surface area contributed by atoms with Crippen LogP contribution in [0, 0.1) is 5.92 Å². The minimum Gasteiger partial charge on any atom is -0.469 e. The summed E-state index contributed by atoms with van der Waals surface area (Å²) in [6.45, 7) is 2.22. The van der Waals surface area contributed by atoms with Gasteiger partial charge in [0.15, 0.2) is 0 Å². The van der Waals surface area contributed by atoms with E-state index in [2.05, 4.69) is 13.0 Å². The van der Waals surface area contributed by atoms with E-state index in [0.29, 0.717) is 12.3 Å². The van der Waals surface area contributed by atoms with Gasteiger partial charge in [-0.2, -0.15) is 0 Å². The van der Waals surface area contributed by atoms with E-state index in [1.807, 2.05) is 0 Å². The molecule has 1 unspecified atom stereocenters. The first-order valence-electron chi connectivity index (χ1n) is 6.03. The van der Waals surface area contributed by atoms with Crippen LogP contribution in [0.4, 0.5) is 0 Å². The molecular weight excluding hydrogens is 188 g/mol. The number of rotatable bonds is 6. The van der Waals surface area contributed by atoms with Gasteiger partial charge in [0, 0.05) is 0 Å². The van der Waals surface area contributed by atoms with E-state index in [1.165, 1.54) is 38.4 Å². The van der Waals surface area contributed by atoms with Crippen molar-refractivity contribution in [2.45, 2.75) is 51.9 Å². The average molecular weight is 210 g/mol. The van der Waals surface area contributed by atoms with Crippen molar-refractivity contribution in [2.24, 2.45) is 5.92 Å². The van der Waals surface area contributed by atoms with Gasteiger partial charge in [-0.1, -0.05) is 31.4 Å². The molecule has 1 atom stereocenters. The second-order valence-electron chi connectivity index (χ2n) is 4.29. The van der Waals surface area contributed by atoms with Gasteiger partial charge in [0.05, 0.1) is 13.5 Å². The third kappa shape index (κ3) is 4.06. The summed E-state index contributed by atoms with van der Waals surface area (Å²) in [7, 11) is 1.47. The lowest BCUT2D eigenvalue weighted by Gasteiger charge is -2.13. The van der Waals surface area contributed by atoms with Gasteiger partial charge < -0.3 is 4.74 Å². The van der Waals surface area contributed by atoms with E-state index in [-0.39, 0.29) is 5.97 Å². The smallest absolute Gasteiger partial charge is 0.306 e. The zero-order valence-corrected chi connectivity index (χ0v) is 9.92. The number of ether oxygens (including phenoxy) is 1. The maximum Gasteiger partial charge on any atom is 0.306 e. The van der Waals surface area contributed by atoms with Crippen LogP contribution in [0.15, 0.2) is 11.6 Å². The molecule has 1 rings (SSSR count). The fraction of sp³-hybridized carbons (Fsp3) is 0.769. The van der Waals surface area contributed by atoms with Crippen LogP contribution in [0.25, 0.3) is 0 Å². The van der Waals surface area contributed by atoms with Crippen molar-refractivity contribution in [2.75, 3.05) is 7.11 Å². The number of hydrogen-bond donors (Lipinski definition) is 0. The molecule has 86 valence electrons. The maximum absolute atomic E-state index is 11.2. The minimum absolute atomic E-state index is 0.0664. The van der Waals surface area contributed by atoms with Crippen molar-refractivity contribution >= 4 is 5.97 Å². The molecule has 1 aliphatic carbocycles. The normalized spacial score (nSPS) is 20.1. The van der Waals surface area contributed by atoms with Crippen LogP contribution in [0.1, 0.15) is 51.9 Å². The lowest BCUT2D eigenvalue weighted by atomic mass is 9.94. The second kappa shape index (κ2) is 6.65. The lowest BCUT2D eigenvalue weighted by molar-refractivity contribution is -0.141. The van der Waals surface area contributed by atoms with Gasteiger partial charge >= 0.3 is 5.97 Å². The quantitative estimate of drug-likeness (QED) is 0.381. The molecule has 0 bridgehead atoms. The van der Waals surface area contributed by atoms with Crippen LogP contribution >= 0.6 is 0 Å². The number of carbonyl (C=O) groups is 1. The molecule has 0 saturated heterocycles. The molecule has 0 aromatic heterocycles. The van der Waals surface area contributed by atoms with Crippen molar-refractivity contribution in [3.8, 4) is 0 Å². The molecule has 0 amide bonds. The van der Waals surface area contributed by atoms with Crippen LogP contribution in [-0.2, 0) is 9.53 Å². The summed E-state index contributed by atoms with van der Waals surface area (Å²) < 4.78 is 4.72. The van der Waals surface area contributed by atoms with Crippen molar-refractivity contribution < 1.29 is 9.53 Å². The zero-order chi connectivity index (χ0) is 11.1. The number of carbonyl (C=O) groups excluding carboxylic acids is 1. The molecule has 0 aliphatic heterocycles. The van der Waals surface area contributed by atoms with Gasteiger partial charge in [-0.05, 0) is 31.6 Å². The molecule has 0 spiro atoms. The number of hydrogen-bond acceptors (Lipinski definition) is 2. The predicted molar refractivity (Wildman–Crippen MR) is 61.6 cm³/mol. The third-order valence-electron chi connectivity index (χ3n) is 3.16. The monoisotopic (exact) mass is 210 g/mol. The topological polar surface area (TPSA) is 26.3 Å². The Kier molecular flexibility index (Phi) is 5.44. The van der Waals surface area contributed by atoms with Crippen molar-refractivity contribution in [3.05, 3.63) is 11.6 Å². The molecule has 2 nitrogen and oxygen atoms in total. The Morgan fingerprint density at radius 1 is 1.53 bits per heavy atom. The van der Waals surface area contributed by atoms with Gasteiger partial charge in [0.25, 0.3) is 0 Å². The molecule has 0 fully saturated rings. The van der Waals surface area contributed by atoms with E-state index in [4.69, 9.17) is 4.74 Å². The highest BCUT2D eigenvalue weighted by molar-refractivity contribution is 5.70. The first-order valence-corrected chi connectivity index (χ1v) is 6.03. The van der Waals surface area contributed by atoms with Gasteiger partial charge in [-0.3, -0.25) is 4.79 Å². The van der Waals surface area contributed by atoms with Gasteiger partial charge in [-0.15, -0.1) is 0 Å². The van der Waals surface area contributed by atoms with Crippen LogP contribution < -0.4 is 0 Å². The Hall–Kier alpha value is -0.790. The molecule has 0 aromatic rings. The molecular formula is C13H22O2. The average Bonchev–Trinajstić information content (AvgIpc) is 2.66. The predicted octanol–water partition coefficient (Wildman–Crippen LogP) is 3.47. The lowest BCUT2D eigenvalue weighted by Crippen LogP contribution is -2.09. The molecule has 1 aliphatic rings. The molecule has 0 radical (unpaired) electrons. The van der Waals surface area contributed by atoms with Crippen LogP contribution in [-0.4, -0.2) is 13.1 Å². The summed E-state index contributed by atoms with van der Waals surface area (Å²) in [5, 5.41) is 0. The summed E-state index contributed by atoms with van der Waals surface area (Å²) in [6.07, 6.45) is 10.2. The van der Waals surface area contributed by atoms with Crippen LogP contribution in [0.5, 0.6) is 0 Å². The highest BCUT2D eigenvalue weighted by Crippen LogP contribution is 2.32. The SMILES string of the molecule is CCCCCC1=CCCC1CC(=O)OC.